The van der Waals surface area contributed by atoms with Crippen LogP contribution >= 0.6 is 0 Å². The fourth-order valence-corrected chi connectivity index (χ4v) is 3.07. The van der Waals surface area contributed by atoms with Crippen LogP contribution in [0, 0.1) is 0 Å². The number of anilines is 1. The van der Waals surface area contributed by atoms with Crippen LogP contribution < -0.4 is 10.6 Å². The molecule has 0 aliphatic rings. The first kappa shape index (κ1) is 21.8. The summed E-state index contributed by atoms with van der Waals surface area (Å²) < 4.78 is 5.59. The van der Waals surface area contributed by atoms with Gasteiger partial charge in [-0.2, -0.15) is 0 Å². The summed E-state index contributed by atoms with van der Waals surface area (Å²) in [5, 5.41) is 15.3. The van der Waals surface area contributed by atoms with Crippen LogP contribution in [0.25, 0.3) is 0 Å². The van der Waals surface area contributed by atoms with E-state index in [1.807, 2.05) is 26.0 Å². The number of aromatic nitrogens is 1. The number of hydrogen-bond acceptors (Lipinski definition) is 5. The number of phenolic OH excluding ortho intramolecular Hbond substituents is 1. The number of aromatic hydroxyl groups is 1. The summed E-state index contributed by atoms with van der Waals surface area (Å²) in [6.45, 7) is 3.78. The molecule has 1 heterocycles. The van der Waals surface area contributed by atoms with Crippen molar-refractivity contribution < 1.29 is 19.4 Å². The second-order valence-electron chi connectivity index (χ2n) is 7.05. The van der Waals surface area contributed by atoms with Gasteiger partial charge in [-0.3, -0.25) is 9.78 Å². The minimum atomic E-state index is -0.524. The number of hydrogen-bond donors (Lipinski definition) is 3. The fraction of sp³-hybridized carbons (Fsp3) is 0.208. The van der Waals surface area contributed by atoms with Crippen LogP contribution in [0.15, 0.2) is 73.1 Å². The number of amides is 2. The van der Waals surface area contributed by atoms with Crippen molar-refractivity contribution in [2.45, 2.75) is 32.4 Å². The Balaban J connectivity index is 1.61. The number of alkyl carbamates (subject to hydrolysis) is 1. The summed E-state index contributed by atoms with van der Waals surface area (Å²) >= 11 is 0. The molecule has 3 N–H and O–H groups in total. The molecule has 0 radical (unpaired) electrons. The molecule has 0 unspecified atom stereocenters. The molecule has 3 aromatic rings. The molecule has 1 aromatic heterocycles. The van der Waals surface area contributed by atoms with Gasteiger partial charge in [-0.25, -0.2) is 4.79 Å². The van der Waals surface area contributed by atoms with Gasteiger partial charge in [0.2, 0.25) is 0 Å². The lowest BCUT2D eigenvalue weighted by Gasteiger charge is -2.20. The van der Waals surface area contributed by atoms with Crippen molar-refractivity contribution in [2.24, 2.45) is 0 Å². The Hall–Kier alpha value is -3.87. The zero-order chi connectivity index (χ0) is 22.2. The van der Waals surface area contributed by atoms with Crippen LogP contribution in [0.2, 0.25) is 0 Å². The summed E-state index contributed by atoms with van der Waals surface area (Å²) in [5.74, 6) is -0.344. The summed E-state index contributed by atoms with van der Waals surface area (Å²) in [6, 6.07) is 16.8. The molecule has 0 aliphatic heterocycles. The van der Waals surface area contributed by atoms with Gasteiger partial charge in [-0.05, 0) is 54.8 Å². The molecular weight excluding hydrogens is 394 g/mol. The zero-order valence-corrected chi connectivity index (χ0v) is 17.4. The highest BCUT2D eigenvalue weighted by Gasteiger charge is 2.18. The van der Waals surface area contributed by atoms with E-state index in [1.165, 1.54) is 6.07 Å². The van der Waals surface area contributed by atoms with Gasteiger partial charge in [0.15, 0.2) is 0 Å². The van der Waals surface area contributed by atoms with E-state index in [0.717, 1.165) is 11.1 Å². The number of benzene rings is 2. The van der Waals surface area contributed by atoms with Gasteiger partial charge < -0.3 is 20.5 Å². The molecular formula is C24H25N3O4. The Labute approximate surface area is 181 Å². The van der Waals surface area contributed by atoms with Crippen LogP contribution in [0.3, 0.4) is 0 Å². The van der Waals surface area contributed by atoms with E-state index in [1.54, 1.807) is 54.9 Å². The summed E-state index contributed by atoms with van der Waals surface area (Å²) in [7, 11) is 0. The predicted molar refractivity (Wildman–Crippen MR) is 118 cm³/mol. The van der Waals surface area contributed by atoms with Gasteiger partial charge >= 0.3 is 6.09 Å². The Morgan fingerprint density at radius 1 is 1.03 bits per heavy atom. The smallest absolute Gasteiger partial charge is 0.408 e. The molecule has 3 rings (SSSR count). The fourth-order valence-electron chi connectivity index (χ4n) is 3.07. The van der Waals surface area contributed by atoms with Gasteiger partial charge in [0.25, 0.3) is 5.91 Å². The third kappa shape index (κ3) is 5.82. The molecule has 0 aliphatic carbocycles. The minimum Gasteiger partial charge on any atom is -0.506 e. The van der Waals surface area contributed by atoms with Crippen LogP contribution in [0.4, 0.5) is 10.5 Å². The molecule has 7 nitrogen and oxygen atoms in total. The summed E-state index contributed by atoms with van der Waals surface area (Å²) in [5.41, 5.74) is 2.43. The Morgan fingerprint density at radius 2 is 1.77 bits per heavy atom. The maximum Gasteiger partial charge on any atom is 0.408 e. The van der Waals surface area contributed by atoms with E-state index in [-0.39, 0.29) is 17.7 Å². The van der Waals surface area contributed by atoms with E-state index in [4.69, 9.17) is 4.74 Å². The number of para-hydroxylation sites is 2. The van der Waals surface area contributed by atoms with Crippen molar-refractivity contribution in [1.29, 1.82) is 0 Å². The largest absolute Gasteiger partial charge is 0.506 e. The van der Waals surface area contributed by atoms with Crippen LogP contribution in [-0.4, -0.2) is 22.1 Å². The number of rotatable bonds is 7. The Kier molecular flexibility index (Phi) is 7.22. The van der Waals surface area contributed by atoms with Crippen molar-refractivity contribution in [1.82, 2.24) is 10.3 Å². The number of nitrogens with zero attached hydrogens (tertiary/aromatic N) is 1. The third-order valence-corrected chi connectivity index (χ3v) is 4.84. The van der Waals surface area contributed by atoms with Crippen LogP contribution in [0.1, 0.15) is 53.9 Å². The van der Waals surface area contributed by atoms with E-state index in [2.05, 4.69) is 15.6 Å². The molecule has 0 saturated carbocycles. The highest BCUT2D eigenvalue weighted by molar-refractivity contribution is 6.05. The van der Waals surface area contributed by atoms with Gasteiger partial charge in [0.1, 0.15) is 11.9 Å². The lowest BCUT2D eigenvalue weighted by Crippen LogP contribution is -2.28. The minimum absolute atomic E-state index is 0.00144. The quantitative estimate of drug-likeness (QED) is 0.469. The van der Waals surface area contributed by atoms with E-state index >= 15 is 0 Å². The van der Waals surface area contributed by atoms with Crippen molar-refractivity contribution >= 4 is 17.7 Å². The Morgan fingerprint density at radius 3 is 2.42 bits per heavy atom. The Bertz CT molecular complexity index is 1020. The van der Waals surface area contributed by atoms with Gasteiger partial charge in [0, 0.05) is 18.0 Å². The summed E-state index contributed by atoms with van der Waals surface area (Å²) in [6.07, 6.45) is 2.98. The zero-order valence-electron chi connectivity index (χ0n) is 17.4. The van der Waals surface area contributed by atoms with Crippen LogP contribution in [-0.2, 0) is 4.74 Å². The maximum absolute atomic E-state index is 12.4. The van der Waals surface area contributed by atoms with Gasteiger partial charge in [-0.15, -0.1) is 0 Å². The highest BCUT2D eigenvalue weighted by atomic mass is 16.6. The first-order chi connectivity index (χ1) is 15.0. The highest BCUT2D eigenvalue weighted by Crippen LogP contribution is 2.24. The normalized spacial score (nSPS) is 12.5. The van der Waals surface area contributed by atoms with Crippen LogP contribution in [0.5, 0.6) is 5.75 Å². The van der Waals surface area contributed by atoms with Crippen molar-refractivity contribution in [3.8, 4) is 5.75 Å². The first-order valence-electron chi connectivity index (χ1n) is 10.0. The second kappa shape index (κ2) is 10.2. The average Bonchev–Trinajstić information content (AvgIpc) is 2.79. The molecule has 2 amide bonds. The van der Waals surface area contributed by atoms with E-state index in [0.29, 0.717) is 17.7 Å². The topological polar surface area (TPSA) is 101 Å². The monoisotopic (exact) mass is 419 g/mol. The third-order valence-electron chi connectivity index (χ3n) is 4.84. The molecule has 160 valence electrons. The lowest BCUT2D eigenvalue weighted by molar-refractivity contribution is 0.0924. The number of ether oxygens (including phenoxy) is 1. The van der Waals surface area contributed by atoms with Gasteiger partial charge in [-0.1, -0.05) is 37.3 Å². The second-order valence-corrected chi connectivity index (χ2v) is 7.05. The molecule has 0 bridgehead atoms. The number of nitrogens with one attached hydrogen (secondary N) is 2. The van der Waals surface area contributed by atoms with Crippen molar-refractivity contribution in [3.63, 3.8) is 0 Å². The molecule has 0 saturated heterocycles. The molecule has 7 heteroatoms. The SMILES string of the molecule is CC[C@H](OC(=O)N[C@@H](C)c1cccnc1)c1ccc(C(=O)Nc2ccccc2O)cc1. The maximum atomic E-state index is 12.4. The average molecular weight is 419 g/mol. The molecule has 2 aromatic carbocycles. The molecule has 2 atom stereocenters. The van der Waals surface area contributed by atoms with Crippen molar-refractivity contribution in [2.75, 3.05) is 5.32 Å². The standard InChI is InChI=1S/C24H25N3O4/c1-3-22(31-24(30)26-16(2)19-7-6-14-25-15-19)17-10-12-18(13-11-17)23(29)27-20-8-4-5-9-21(20)28/h4-16,22,28H,3H2,1-2H3,(H,26,30)(H,27,29)/t16-,22-/m0/s1. The summed E-state index contributed by atoms with van der Waals surface area (Å²) in [4.78, 5) is 28.8. The number of phenols is 1. The molecule has 31 heavy (non-hydrogen) atoms. The van der Waals surface area contributed by atoms with E-state index < -0.39 is 12.2 Å². The lowest BCUT2D eigenvalue weighted by atomic mass is 10.0. The number of carbonyl (C=O) groups is 2. The molecule has 0 spiro atoms. The number of pyridine rings is 1. The van der Waals surface area contributed by atoms with Crippen molar-refractivity contribution in [3.05, 3.63) is 89.7 Å². The molecule has 0 fully saturated rings. The van der Waals surface area contributed by atoms with Gasteiger partial charge in [0.05, 0.1) is 11.7 Å². The first-order valence-corrected chi connectivity index (χ1v) is 10.0. The predicted octanol–water partition coefficient (Wildman–Crippen LogP) is 4.98. The number of carbonyl (C=O) groups excluding carboxylic acids is 2. The van der Waals surface area contributed by atoms with E-state index in [9.17, 15) is 14.7 Å².